The Bertz CT molecular complexity index is 711. The second-order valence-corrected chi connectivity index (χ2v) is 8.38. The predicted octanol–water partition coefficient (Wildman–Crippen LogP) is -2.06. The van der Waals surface area contributed by atoms with Gasteiger partial charge in [0.25, 0.3) is 0 Å². The average molecular weight is 471 g/mol. The summed E-state index contributed by atoms with van der Waals surface area (Å²) in [6.07, 6.45) is 1.12. The van der Waals surface area contributed by atoms with E-state index in [0.717, 1.165) is 0 Å². The molecule has 33 heavy (non-hydrogen) atoms. The average Bonchev–Trinajstić information content (AvgIpc) is 2.76. The highest BCUT2D eigenvalue weighted by Crippen LogP contribution is 2.08. The van der Waals surface area contributed by atoms with E-state index in [1.807, 2.05) is 6.92 Å². The first kappa shape index (κ1) is 30.0. The third-order valence-electron chi connectivity index (χ3n) is 4.91. The third kappa shape index (κ3) is 11.4. The summed E-state index contributed by atoms with van der Waals surface area (Å²) >= 11 is 0. The van der Waals surface area contributed by atoms with Crippen LogP contribution in [0.2, 0.25) is 0 Å². The maximum atomic E-state index is 12.5. The molecule has 0 aliphatic carbocycles. The molecule has 12 nitrogen and oxygen atoms in total. The van der Waals surface area contributed by atoms with Crippen molar-refractivity contribution in [1.82, 2.24) is 26.6 Å². The fraction of sp³-hybridized carbons (Fsp3) is 0.714. The molecule has 0 bridgehead atoms. The first-order chi connectivity index (χ1) is 15.3. The Morgan fingerprint density at radius 2 is 1.24 bits per heavy atom. The smallest absolute Gasteiger partial charge is 0.243 e. The topological polar surface area (TPSA) is 189 Å². The number of amides is 5. The van der Waals surface area contributed by atoms with Crippen LogP contribution in [0, 0.1) is 11.8 Å². The zero-order chi connectivity index (χ0) is 25.7. The lowest BCUT2D eigenvalue weighted by molar-refractivity contribution is -0.133. The molecule has 0 heterocycles. The zero-order valence-corrected chi connectivity index (χ0v) is 20.2. The molecule has 0 spiro atoms. The van der Waals surface area contributed by atoms with E-state index in [2.05, 4.69) is 26.6 Å². The van der Waals surface area contributed by atoms with Gasteiger partial charge in [-0.05, 0) is 25.7 Å². The van der Waals surface area contributed by atoms with E-state index in [9.17, 15) is 28.8 Å². The van der Waals surface area contributed by atoms with Crippen LogP contribution in [-0.2, 0) is 28.8 Å². The van der Waals surface area contributed by atoms with E-state index < -0.39 is 60.2 Å². The predicted molar refractivity (Wildman–Crippen MR) is 121 cm³/mol. The van der Waals surface area contributed by atoms with Crippen LogP contribution in [0.3, 0.4) is 0 Å². The molecule has 0 aliphatic rings. The molecule has 5 atom stereocenters. The Labute approximate surface area is 194 Å². The third-order valence-corrected chi connectivity index (χ3v) is 4.91. The number of nitrogens with one attached hydrogen (secondary N) is 5. The number of carbonyl (C=O) groups is 6. The summed E-state index contributed by atoms with van der Waals surface area (Å²) in [6, 6.07) is -3.29. The second-order valence-electron chi connectivity index (χ2n) is 8.38. The molecule has 0 rings (SSSR count). The molecular weight excluding hydrogens is 432 g/mol. The van der Waals surface area contributed by atoms with E-state index in [1.54, 1.807) is 20.8 Å². The summed E-state index contributed by atoms with van der Waals surface area (Å²) in [5, 5.41) is 12.4. The molecule has 12 heteroatoms. The highest BCUT2D eigenvalue weighted by Gasteiger charge is 2.28. The standard InChI is InChI=1S/C21H38N6O6/c1-7-12(4)18(21(33)24-8-15(29)25-13(5)10-28)26-16(30)9-23-20(32)17(11(2)3)27-19(31)14(6)22/h10-14,17-18H,7-9,22H2,1-6H3,(H,23,32)(H,24,33)(H,25,29)(H,26,30)(H,27,31)/t12-,13-,14-,17-,18-/m0/s1. The Hall–Kier alpha value is -3.02. The van der Waals surface area contributed by atoms with Gasteiger partial charge in [0, 0.05) is 0 Å². The number of hydrogen-bond donors (Lipinski definition) is 6. The van der Waals surface area contributed by atoms with Gasteiger partial charge in [-0.25, -0.2) is 0 Å². The first-order valence-corrected chi connectivity index (χ1v) is 11.0. The lowest BCUT2D eigenvalue weighted by Gasteiger charge is -2.25. The molecule has 0 aliphatic heterocycles. The number of rotatable bonds is 14. The van der Waals surface area contributed by atoms with Crippen molar-refractivity contribution in [3.63, 3.8) is 0 Å². The van der Waals surface area contributed by atoms with Crippen LogP contribution >= 0.6 is 0 Å². The largest absolute Gasteiger partial charge is 0.345 e. The van der Waals surface area contributed by atoms with Crippen molar-refractivity contribution in [2.24, 2.45) is 17.6 Å². The molecule has 0 aromatic heterocycles. The lowest BCUT2D eigenvalue weighted by Crippen LogP contribution is -2.56. The molecule has 0 saturated heterocycles. The summed E-state index contributed by atoms with van der Waals surface area (Å²) < 4.78 is 0. The van der Waals surface area contributed by atoms with Gasteiger partial charge in [-0.1, -0.05) is 34.1 Å². The lowest BCUT2D eigenvalue weighted by atomic mass is 9.98. The Kier molecular flexibility index (Phi) is 13.6. The van der Waals surface area contributed by atoms with Gasteiger partial charge in [0.1, 0.15) is 18.4 Å². The maximum absolute atomic E-state index is 12.5. The van der Waals surface area contributed by atoms with Crippen LogP contribution in [-0.4, -0.2) is 73.1 Å². The molecule has 7 N–H and O–H groups in total. The minimum absolute atomic E-state index is 0.248. The van der Waals surface area contributed by atoms with E-state index in [0.29, 0.717) is 12.7 Å². The molecule has 5 amide bonds. The van der Waals surface area contributed by atoms with Gasteiger partial charge in [0.05, 0.1) is 25.2 Å². The summed E-state index contributed by atoms with van der Waals surface area (Å²) in [4.78, 5) is 71.6. The highest BCUT2D eigenvalue weighted by molar-refractivity contribution is 5.94. The molecule has 0 saturated carbocycles. The van der Waals surface area contributed by atoms with Crippen LogP contribution in [0.25, 0.3) is 0 Å². The molecule has 0 radical (unpaired) electrons. The Morgan fingerprint density at radius 3 is 1.67 bits per heavy atom. The van der Waals surface area contributed by atoms with Gasteiger partial charge >= 0.3 is 0 Å². The van der Waals surface area contributed by atoms with Crippen molar-refractivity contribution in [3.05, 3.63) is 0 Å². The van der Waals surface area contributed by atoms with E-state index >= 15 is 0 Å². The zero-order valence-electron chi connectivity index (χ0n) is 20.2. The van der Waals surface area contributed by atoms with Gasteiger partial charge < -0.3 is 37.1 Å². The van der Waals surface area contributed by atoms with Gasteiger partial charge in [0.2, 0.25) is 29.5 Å². The van der Waals surface area contributed by atoms with Gasteiger partial charge in [-0.15, -0.1) is 0 Å². The molecule has 0 aromatic carbocycles. The van der Waals surface area contributed by atoms with Crippen molar-refractivity contribution < 1.29 is 28.8 Å². The first-order valence-electron chi connectivity index (χ1n) is 11.0. The summed E-state index contributed by atoms with van der Waals surface area (Å²) in [5.74, 6) is -3.27. The quantitative estimate of drug-likeness (QED) is 0.157. The van der Waals surface area contributed by atoms with E-state index in [1.165, 1.54) is 13.8 Å². The van der Waals surface area contributed by atoms with Gasteiger partial charge in [-0.3, -0.25) is 24.0 Å². The van der Waals surface area contributed by atoms with Crippen molar-refractivity contribution in [2.75, 3.05) is 13.1 Å². The van der Waals surface area contributed by atoms with Crippen molar-refractivity contribution >= 4 is 35.8 Å². The van der Waals surface area contributed by atoms with Crippen LogP contribution in [0.5, 0.6) is 0 Å². The van der Waals surface area contributed by atoms with E-state index in [-0.39, 0.29) is 18.4 Å². The second kappa shape index (κ2) is 14.9. The van der Waals surface area contributed by atoms with Crippen LogP contribution in [0.4, 0.5) is 0 Å². The van der Waals surface area contributed by atoms with Crippen molar-refractivity contribution in [2.45, 2.75) is 72.1 Å². The van der Waals surface area contributed by atoms with Gasteiger partial charge in [-0.2, -0.15) is 0 Å². The maximum Gasteiger partial charge on any atom is 0.243 e. The van der Waals surface area contributed by atoms with Crippen LogP contribution in [0.15, 0.2) is 0 Å². The summed E-state index contributed by atoms with van der Waals surface area (Å²) in [7, 11) is 0. The minimum Gasteiger partial charge on any atom is -0.345 e. The molecule has 0 aromatic rings. The summed E-state index contributed by atoms with van der Waals surface area (Å²) in [6.45, 7) is 9.29. The van der Waals surface area contributed by atoms with Crippen molar-refractivity contribution in [1.29, 1.82) is 0 Å². The normalized spacial score (nSPS) is 15.3. The van der Waals surface area contributed by atoms with Crippen LogP contribution < -0.4 is 32.3 Å². The highest BCUT2D eigenvalue weighted by atomic mass is 16.2. The number of hydrogen-bond acceptors (Lipinski definition) is 7. The van der Waals surface area contributed by atoms with Gasteiger partial charge in [0.15, 0.2) is 0 Å². The SMILES string of the molecule is CC[C@H](C)[C@H](NC(=O)CNC(=O)[C@@H](NC(=O)[C@H](C)N)C(C)C)C(=O)NCC(=O)N[C@@H](C)C=O. The van der Waals surface area contributed by atoms with Crippen LogP contribution in [0.1, 0.15) is 48.0 Å². The molecule has 188 valence electrons. The fourth-order valence-corrected chi connectivity index (χ4v) is 2.64. The fourth-order valence-electron chi connectivity index (χ4n) is 2.64. The molecule has 0 unspecified atom stereocenters. The Balaban J connectivity index is 4.93. The molecular formula is C21H38N6O6. The molecule has 0 fully saturated rings. The summed E-state index contributed by atoms with van der Waals surface area (Å²) in [5.41, 5.74) is 5.52. The number of carbonyl (C=O) groups excluding carboxylic acids is 6. The number of aldehydes is 1. The number of nitrogens with two attached hydrogens (primary N) is 1. The monoisotopic (exact) mass is 470 g/mol. The minimum atomic E-state index is -0.936. The van der Waals surface area contributed by atoms with E-state index in [4.69, 9.17) is 5.73 Å². The van der Waals surface area contributed by atoms with Crippen molar-refractivity contribution in [3.8, 4) is 0 Å². The Morgan fingerprint density at radius 1 is 0.758 bits per heavy atom.